The van der Waals surface area contributed by atoms with Crippen molar-refractivity contribution >= 4 is 23.6 Å². The number of nitrogens with two attached hydrogens (primary N) is 1. The molecule has 8 nitrogen and oxygen atoms in total. The minimum absolute atomic E-state index is 0.0290. The topological polar surface area (TPSA) is 109 Å². The van der Waals surface area contributed by atoms with Crippen LogP contribution in [0.3, 0.4) is 0 Å². The monoisotopic (exact) mass is 394 g/mol. The van der Waals surface area contributed by atoms with Gasteiger partial charge >= 0.3 is 5.97 Å². The molecule has 2 heterocycles. The summed E-state index contributed by atoms with van der Waals surface area (Å²) in [5.74, 6) is -1.10. The first-order valence-corrected chi connectivity index (χ1v) is 9.39. The van der Waals surface area contributed by atoms with Crippen LogP contribution in [0.25, 0.3) is 11.4 Å². The standard InChI is InChI=1S/C17H19FN4O4S/c18-12-5-3-11(4-6-12)16-20-21-17(22(16)8-13-2-1-7-25-13)27-10-15(24)26-9-14(19)23/h3-6,13H,1-2,7-10H2,(H2,19,23)/t13-/m0/s1. The summed E-state index contributed by atoms with van der Waals surface area (Å²) in [6, 6.07) is 5.96. The number of benzene rings is 1. The molecule has 1 atom stereocenters. The van der Waals surface area contributed by atoms with Crippen LogP contribution in [0.1, 0.15) is 12.8 Å². The van der Waals surface area contributed by atoms with E-state index < -0.39 is 18.5 Å². The second-order valence-corrected chi connectivity index (χ2v) is 6.92. The number of nitrogens with zero attached hydrogens (tertiary/aromatic N) is 3. The van der Waals surface area contributed by atoms with Crippen molar-refractivity contribution < 1.29 is 23.5 Å². The van der Waals surface area contributed by atoms with Gasteiger partial charge in [-0.15, -0.1) is 10.2 Å². The fourth-order valence-electron chi connectivity index (χ4n) is 2.68. The van der Waals surface area contributed by atoms with Crippen molar-refractivity contribution in [3.8, 4) is 11.4 Å². The lowest BCUT2D eigenvalue weighted by molar-refractivity contribution is -0.145. The van der Waals surface area contributed by atoms with E-state index in [1.165, 1.54) is 12.1 Å². The molecule has 0 spiro atoms. The zero-order chi connectivity index (χ0) is 19.2. The van der Waals surface area contributed by atoms with Gasteiger partial charge in [-0.2, -0.15) is 0 Å². The zero-order valence-electron chi connectivity index (χ0n) is 14.5. The Morgan fingerprint density at radius 3 is 2.78 bits per heavy atom. The number of hydrogen-bond donors (Lipinski definition) is 1. The Bertz CT molecular complexity index is 806. The van der Waals surface area contributed by atoms with Gasteiger partial charge in [0.15, 0.2) is 17.6 Å². The predicted octanol–water partition coefficient (Wildman–Crippen LogP) is 1.38. The molecular formula is C17H19FN4O4S. The number of aromatic nitrogens is 3. The van der Waals surface area contributed by atoms with E-state index >= 15 is 0 Å². The number of carbonyl (C=O) groups excluding carboxylic acids is 2. The molecule has 27 heavy (non-hydrogen) atoms. The van der Waals surface area contributed by atoms with Crippen LogP contribution in [0.15, 0.2) is 29.4 Å². The number of primary amides is 1. The van der Waals surface area contributed by atoms with E-state index in [9.17, 15) is 14.0 Å². The van der Waals surface area contributed by atoms with Crippen LogP contribution < -0.4 is 5.73 Å². The molecule has 1 aromatic carbocycles. The van der Waals surface area contributed by atoms with E-state index in [1.807, 2.05) is 4.57 Å². The smallest absolute Gasteiger partial charge is 0.316 e. The van der Waals surface area contributed by atoms with Crippen LogP contribution in [-0.4, -0.2) is 51.7 Å². The number of halogens is 1. The maximum Gasteiger partial charge on any atom is 0.316 e. The van der Waals surface area contributed by atoms with Crippen molar-refractivity contribution in [2.45, 2.75) is 30.6 Å². The molecule has 2 aromatic rings. The molecule has 3 rings (SSSR count). The Morgan fingerprint density at radius 1 is 1.33 bits per heavy atom. The van der Waals surface area contributed by atoms with Gasteiger partial charge in [-0.3, -0.25) is 14.2 Å². The molecule has 0 aliphatic carbocycles. The summed E-state index contributed by atoms with van der Waals surface area (Å²) in [4.78, 5) is 22.4. The van der Waals surface area contributed by atoms with Gasteiger partial charge in [0.25, 0.3) is 5.91 Å². The summed E-state index contributed by atoms with van der Waals surface area (Å²) < 4.78 is 25.5. The Kier molecular flexibility index (Phi) is 6.40. The SMILES string of the molecule is NC(=O)COC(=O)CSc1nnc(-c2ccc(F)cc2)n1C[C@@H]1CCCO1. The fourth-order valence-corrected chi connectivity index (χ4v) is 3.43. The highest BCUT2D eigenvalue weighted by Gasteiger charge is 2.22. The van der Waals surface area contributed by atoms with E-state index in [0.717, 1.165) is 24.6 Å². The first kappa shape index (κ1) is 19.3. The lowest BCUT2D eigenvalue weighted by atomic mass is 10.2. The number of rotatable bonds is 8. The second kappa shape index (κ2) is 8.96. The van der Waals surface area contributed by atoms with E-state index in [4.69, 9.17) is 15.2 Å². The van der Waals surface area contributed by atoms with E-state index in [-0.39, 0.29) is 17.7 Å². The minimum Gasteiger partial charge on any atom is -0.455 e. The zero-order valence-corrected chi connectivity index (χ0v) is 15.3. The van der Waals surface area contributed by atoms with Gasteiger partial charge in [-0.05, 0) is 37.1 Å². The molecule has 1 aromatic heterocycles. The molecule has 0 radical (unpaired) electrons. The Morgan fingerprint density at radius 2 is 2.11 bits per heavy atom. The first-order valence-electron chi connectivity index (χ1n) is 8.40. The number of ether oxygens (including phenoxy) is 2. The van der Waals surface area contributed by atoms with Gasteiger partial charge < -0.3 is 15.2 Å². The highest BCUT2D eigenvalue weighted by Crippen LogP contribution is 2.26. The van der Waals surface area contributed by atoms with E-state index in [2.05, 4.69) is 10.2 Å². The third-order valence-corrected chi connectivity index (χ3v) is 4.86. The lowest BCUT2D eigenvalue weighted by Gasteiger charge is -2.14. The van der Waals surface area contributed by atoms with Gasteiger partial charge in [0.2, 0.25) is 0 Å². The molecule has 1 amide bonds. The molecule has 2 N–H and O–H groups in total. The van der Waals surface area contributed by atoms with Crippen molar-refractivity contribution in [1.82, 2.24) is 14.8 Å². The highest BCUT2D eigenvalue weighted by atomic mass is 32.2. The van der Waals surface area contributed by atoms with Crippen molar-refractivity contribution in [2.75, 3.05) is 19.0 Å². The average Bonchev–Trinajstić information content (AvgIpc) is 3.29. The highest BCUT2D eigenvalue weighted by molar-refractivity contribution is 7.99. The van der Waals surface area contributed by atoms with Crippen LogP contribution in [-0.2, 0) is 25.6 Å². The summed E-state index contributed by atoms with van der Waals surface area (Å²) in [5.41, 5.74) is 5.66. The van der Waals surface area contributed by atoms with E-state index in [0.29, 0.717) is 29.7 Å². The van der Waals surface area contributed by atoms with Crippen molar-refractivity contribution in [3.05, 3.63) is 30.1 Å². The number of esters is 1. The van der Waals surface area contributed by atoms with Gasteiger partial charge in [0, 0.05) is 12.2 Å². The summed E-state index contributed by atoms with van der Waals surface area (Å²) in [5, 5.41) is 8.86. The van der Waals surface area contributed by atoms with Crippen molar-refractivity contribution in [2.24, 2.45) is 5.73 Å². The Hall–Kier alpha value is -2.46. The molecule has 0 bridgehead atoms. The number of carbonyl (C=O) groups is 2. The number of amides is 1. The average molecular weight is 394 g/mol. The van der Waals surface area contributed by atoms with Gasteiger partial charge in [-0.1, -0.05) is 11.8 Å². The molecule has 1 aliphatic heterocycles. The first-order chi connectivity index (χ1) is 13.0. The van der Waals surface area contributed by atoms with E-state index in [1.54, 1.807) is 12.1 Å². The molecule has 144 valence electrons. The van der Waals surface area contributed by atoms with Gasteiger partial charge in [0.05, 0.1) is 18.4 Å². The van der Waals surface area contributed by atoms with Gasteiger partial charge in [-0.25, -0.2) is 4.39 Å². The summed E-state index contributed by atoms with van der Waals surface area (Å²) >= 11 is 1.14. The largest absolute Gasteiger partial charge is 0.455 e. The van der Waals surface area contributed by atoms with Crippen LogP contribution >= 0.6 is 11.8 Å². The van der Waals surface area contributed by atoms with Crippen molar-refractivity contribution in [1.29, 1.82) is 0 Å². The molecule has 1 aliphatic rings. The quantitative estimate of drug-likeness (QED) is 0.532. The maximum absolute atomic E-state index is 13.2. The summed E-state index contributed by atoms with van der Waals surface area (Å²) in [6.45, 7) is 0.780. The minimum atomic E-state index is -0.714. The normalized spacial score (nSPS) is 16.4. The summed E-state index contributed by atoms with van der Waals surface area (Å²) in [6.07, 6.45) is 1.94. The number of hydrogen-bond acceptors (Lipinski definition) is 7. The molecular weight excluding hydrogens is 375 g/mol. The fraction of sp³-hybridized carbons (Fsp3) is 0.412. The molecule has 0 unspecified atom stereocenters. The Balaban J connectivity index is 1.76. The van der Waals surface area contributed by atoms with Crippen LogP contribution in [0.5, 0.6) is 0 Å². The predicted molar refractivity (Wildman–Crippen MR) is 95.3 cm³/mol. The maximum atomic E-state index is 13.2. The van der Waals surface area contributed by atoms with Crippen molar-refractivity contribution in [3.63, 3.8) is 0 Å². The molecule has 1 fully saturated rings. The molecule has 10 heteroatoms. The van der Waals surface area contributed by atoms with Crippen LogP contribution in [0, 0.1) is 5.82 Å². The second-order valence-electron chi connectivity index (χ2n) is 5.97. The molecule has 0 saturated carbocycles. The van der Waals surface area contributed by atoms with Crippen LogP contribution in [0.4, 0.5) is 4.39 Å². The third-order valence-electron chi connectivity index (χ3n) is 3.92. The number of thioether (sulfide) groups is 1. The third kappa shape index (κ3) is 5.27. The lowest BCUT2D eigenvalue weighted by Crippen LogP contribution is -2.22. The Labute approximate surface area is 159 Å². The summed E-state index contributed by atoms with van der Waals surface area (Å²) in [7, 11) is 0. The van der Waals surface area contributed by atoms with Gasteiger partial charge in [0.1, 0.15) is 5.82 Å². The molecule has 1 saturated heterocycles. The van der Waals surface area contributed by atoms with Crippen LogP contribution in [0.2, 0.25) is 0 Å².